The maximum atomic E-state index is 12.8. The van der Waals surface area contributed by atoms with E-state index in [1.807, 2.05) is 11.8 Å². The average Bonchev–Trinajstić information content (AvgIpc) is 3.17. The van der Waals surface area contributed by atoms with E-state index in [1.54, 1.807) is 12.1 Å². The molecule has 1 aliphatic carbocycles. The van der Waals surface area contributed by atoms with Crippen LogP contribution in [0.5, 0.6) is 11.5 Å². The smallest absolute Gasteiger partial charge is 0.251 e. The van der Waals surface area contributed by atoms with Gasteiger partial charge < -0.3 is 14.8 Å². The molecule has 26 heavy (non-hydrogen) atoms. The minimum Gasteiger partial charge on any atom is -0.486 e. The van der Waals surface area contributed by atoms with Gasteiger partial charge in [0, 0.05) is 42.2 Å². The molecule has 3 aliphatic rings. The third kappa shape index (κ3) is 3.64. The number of rotatable bonds is 4. The number of ether oxygens (including phenoxy) is 2. The zero-order valence-corrected chi connectivity index (χ0v) is 16.5. The van der Waals surface area contributed by atoms with Crippen LogP contribution in [0.2, 0.25) is 5.02 Å². The molecule has 5 nitrogen and oxygen atoms in total. The Hall–Kier alpha value is -1.11. The Bertz CT molecular complexity index is 673. The Balaban J connectivity index is 1.46. The zero-order valence-electron chi connectivity index (χ0n) is 14.9. The number of nitrogens with one attached hydrogen (secondary N) is 1. The molecular formula is C19H25ClN2O3S. The van der Waals surface area contributed by atoms with Crippen LogP contribution < -0.4 is 14.8 Å². The van der Waals surface area contributed by atoms with E-state index in [0.717, 1.165) is 13.1 Å². The molecule has 2 heterocycles. The standard InChI is InChI=1S/C19H25ClN2O3S/c20-15-11-14(12-16-17(15)25-8-7-24-16)18(23)21-13-19(3-1-2-4-19)22-5-9-26-10-6-22/h11-12H,1-10,13H2,(H,21,23). The highest BCUT2D eigenvalue weighted by Crippen LogP contribution is 2.39. The minimum atomic E-state index is -0.0958. The lowest BCUT2D eigenvalue weighted by Gasteiger charge is -2.43. The molecule has 0 atom stereocenters. The summed E-state index contributed by atoms with van der Waals surface area (Å²) in [5.74, 6) is 3.37. The lowest BCUT2D eigenvalue weighted by Crippen LogP contribution is -2.56. The summed E-state index contributed by atoms with van der Waals surface area (Å²) in [5.41, 5.74) is 0.649. The van der Waals surface area contributed by atoms with Gasteiger partial charge in [-0.2, -0.15) is 11.8 Å². The first-order valence-corrected chi connectivity index (χ1v) is 10.9. The van der Waals surface area contributed by atoms with E-state index >= 15 is 0 Å². The van der Waals surface area contributed by atoms with Crippen molar-refractivity contribution in [2.45, 2.75) is 31.2 Å². The number of benzene rings is 1. The second-order valence-corrected chi connectivity index (χ2v) is 8.83. The fourth-order valence-electron chi connectivity index (χ4n) is 4.26. The highest BCUT2D eigenvalue weighted by atomic mass is 35.5. The van der Waals surface area contributed by atoms with Gasteiger partial charge in [0.1, 0.15) is 13.2 Å². The molecule has 2 fully saturated rings. The molecule has 1 amide bonds. The molecule has 0 bridgehead atoms. The molecule has 2 aliphatic heterocycles. The summed E-state index contributed by atoms with van der Waals surface area (Å²) in [6.07, 6.45) is 4.82. The van der Waals surface area contributed by atoms with Gasteiger partial charge >= 0.3 is 0 Å². The molecule has 1 aromatic carbocycles. The number of amides is 1. The number of halogens is 1. The quantitative estimate of drug-likeness (QED) is 0.846. The van der Waals surface area contributed by atoms with Crippen molar-refractivity contribution in [2.24, 2.45) is 0 Å². The summed E-state index contributed by atoms with van der Waals surface area (Å²) in [4.78, 5) is 15.4. The molecule has 0 unspecified atom stereocenters. The summed E-state index contributed by atoms with van der Waals surface area (Å²) >= 11 is 8.29. The van der Waals surface area contributed by atoms with E-state index < -0.39 is 0 Å². The Morgan fingerprint density at radius 3 is 2.69 bits per heavy atom. The summed E-state index contributed by atoms with van der Waals surface area (Å²) in [5, 5.41) is 3.60. The van der Waals surface area contributed by atoms with Crippen LogP contribution in [0.1, 0.15) is 36.0 Å². The van der Waals surface area contributed by atoms with E-state index in [1.165, 1.54) is 37.2 Å². The molecule has 1 N–H and O–H groups in total. The third-order valence-corrected chi connectivity index (χ3v) is 6.88. The van der Waals surface area contributed by atoms with Crippen molar-refractivity contribution >= 4 is 29.3 Å². The monoisotopic (exact) mass is 396 g/mol. The van der Waals surface area contributed by atoms with Gasteiger partial charge in [0.05, 0.1) is 5.02 Å². The SMILES string of the molecule is O=C(NCC1(N2CCSCC2)CCCC1)c1cc(Cl)c2c(c1)OCCO2. The Kier molecular flexibility index (Phi) is 5.53. The Morgan fingerprint density at radius 2 is 1.92 bits per heavy atom. The molecule has 0 radical (unpaired) electrons. The van der Waals surface area contributed by atoms with Crippen LogP contribution in [0.3, 0.4) is 0 Å². The largest absolute Gasteiger partial charge is 0.486 e. The molecule has 0 aromatic heterocycles. The topological polar surface area (TPSA) is 50.8 Å². The van der Waals surface area contributed by atoms with E-state index in [2.05, 4.69) is 10.2 Å². The number of nitrogens with zero attached hydrogens (tertiary/aromatic N) is 1. The van der Waals surface area contributed by atoms with Crippen LogP contribution in [0.25, 0.3) is 0 Å². The maximum absolute atomic E-state index is 12.8. The van der Waals surface area contributed by atoms with Gasteiger partial charge in [0.15, 0.2) is 11.5 Å². The van der Waals surface area contributed by atoms with Crippen molar-refractivity contribution in [3.63, 3.8) is 0 Å². The van der Waals surface area contributed by atoms with Crippen LogP contribution in [0.15, 0.2) is 12.1 Å². The predicted molar refractivity (Wildman–Crippen MR) is 105 cm³/mol. The van der Waals surface area contributed by atoms with E-state index in [4.69, 9.17) is 21.1 Å². The summed E-state index contributed by atoms with van der Waals surface area (Å²) in [6.45, 7) is 3.90. The van der Waals surface area contributed by atoms with Crippen molar-refractivity contribution < 1.29 is 14.3 Å². The van der Waals surface area contributed by atoms with Crippen LogP contribution in [-0.4, -0.2) is 60.7 Å². The average molecular weight is 397 g/mol. The van der Waals surface area contributed by atoms with Gasteiger partial charge in [0.2, 0.25) is 0 Å². The first-order valence-electron chi connectivity index (χ1n) is 9.38. The first-order chi connectivity index (χ1) is 12.7. The zero-order chi connectivity index (χ0) is 18.0. The van der Waals surface area contributed by atoms with E-state index in [-0.39, 0.29) is 11.4 Å². The van der Waals surface area contributed by atoms with Crippen molar-refractivity contribution in [3.05, 3.63) is 22.7 Å². The van der Waals surface area contributed by atoms with Gasteiger partial charge in [0.25, 0.3) is 5.91 Å². The van der Waals surface area contributed by atoms with Crippen molar-refractivity contribution in [1.82, 2.24) is 10.2 Å². The molecule has 4 rings (SSSR count). The second-order valence-electron chi connectivity index (χ2n) is 7.20. The molecule has 142 valence electrons. The van der Waals surface area contributed by atoms with Gasteiger partial charge in [-0.3, -0.25) is 9.69 Å². The number of hydrogen-bond donors (Lipinski definition) is 1. The van der Waals surface area contributed by atoms with Gasteiger partial charge in [-0.05, 0) is 25.0 Å². The lowest BCUT2D eigenvalue weighted by atomic mass is 9.94. The van der Waals surface area contributed by atoms with Crippen molar-refractivity contribution in [1.29, 1.82) is 0 Å². The summed E-state index contributed by atoms with van der Waals surface area (Å²) in [7, 11) is 0. The van der Waals surface area contributed by atoms with Crippen molar-refractivity contribution in [3.8, 4) is 11.5 Å². The molecule has 1 saturated heterocycles. The first kappa shape index (κ1) is 18.3. The Morgan fingerprint density at radius 1 is 1.19 bits per heavy atom. The predicted octanol–water partition coefficient (Wildman–Crippen LogP) is 3.20. The number of fused-ring (bicyclic) bond motifs is 1. The fraction of sp³-hybridized carbons (Fsp3) is 0.632. The minimum absolute atomic E-state index is 0.0958. The molecule has 1 aromatic rings. The third-order valence-electron chi connectivity index (χ3n) is 5.65. The second kappa shape index (κ2) is 7.87. The number of thioether (sulfide) groups is 1. The number of carbonyl (C=O) groups excluding carboxylic acids is 1. The molecular weight excluding hydrogens is 372 g/mol. The highest BCUT2D eigenvalue weighted by molar-refractivity contribution is 7.99. The van der Waals surface area contributed by atoms with Crippen LogP contribution >= 0.6 is 23.4 Å². The maximum Gasteiger partial charge on any atom is 0.251 e. The number of carbonyl (C=O) groups is 1. The van der Waals surface area contributed by atoms with E-state index in [9.17, 15) is 4.79 Å². The highest BCUT2D eigenvalue weighted by Gasteiger charge is 2.40. The van der Waals surface area contributed by atoms with Crippen LogP contribution in [0, 0.1) is 0 Å². The summed E-state index contributed by atoms with van der Waals surface area (Å²) < 4.78 is 11.1. The van der Waals surface area contributed by atoms with Gasteiger partial charge in [-0.15, -0.1) is 0 Å². The normalized spacial score (nSPS) is 22.2. The molecule has 0 spiro atoms. The molecule has 7 heteroatoms. The van der Waals surface area contributed by atoms with E-state index in [0.29, 0.717) is 41.8 Å². The van der Waals surface area contributed by atoms with Gasteiger partial charge in [-0.1, -0.05) is 24.4 Å². The lowest BCUT2D eigenvalue weighted by molar-refractivity contribution is 0.0816. The van der Waals surface area contributed by atoms with Crippen molar-refractivity contribution in [2.75, 3.05) is 44.4 Å². The summed E-state index contributed by atoms with van der Waals surface area (Å²) in [6, 6.07) is 3.40. The number of hydrogen-bond acceptors (Lipinski definition) is 5. The van der Waals surface area contributed by atoms with Crippen LogP contribution in [-0.2, 0) is 0 Å². The molecule has 1 saturated carbocycles. The van der Waals surface area contributed by atoms with Gasteiger partial charge in [-0.25, -0.2) is 0 Å². The Labute approximate surface area is 163 Å². The fourth-order valence-corrected chi connectivity index (χ4v) is 5.43. The van der Waals surface area contributed by atoms with Crippen LogP contribution in [0.4, 0.5) is 0 Å².